The first-order valence-electron chi connectivity index (χ1n) is 5.17. The molecule has 2 aromatic carbocycles. The van der Waals surface area contributed by atoms with Crippen LogP contribution in [0.2, 0.25) is 5.02 Å². The fourth-order valence-corrected chi connectivity index (χ4v) is 1.71. The summed E-state index contributed by atoms with van der Waals surface area (Å²) < 4.78 is 13.1. The zero-order valence-electron chi connectivity index (χ0n) is 9.28. The summed E-state index contributed by atoms with van der Waals surface area (Å²) in [6, 6.07) is 10.3. The van der Waals surface area contributed by atoms with Crippen LogP contribution in [0.1, 0.15) is 10.4 Å². The second-order valence-corrected chi connectivity index (χ2v) is 4.17. The van der Waals surface area contributed by atoms with Gasteiger partial charge in [-0.2, -0.15) is 0 Å². The van der Waals surface area contributed by atoms with Gasteiger partial charge in [-0.1, -0.05) is 17.7 Å². The maximum Gasteiger partial charge on any atom is 0.255 e. The van der Waals surface area contributed by atoms with E-state index in [1.807, 2.05) is 0 Å². The zero-order valence-corrected chi connectivity index (χ0v) is 10.0. The SMILES string of the molecule is Nc1cc(F)cc(NC(=O)c2cccc(Cl)c2)c1. The van der Waals surface area contributed by atoms with Gasteiger partial charge >= 0.3 is 0 Å². The molecule has 18 heavy (non-hydrogen) atoms. The van der Waals surface area contributed by atoms with Crippen LogP contribution in [0.4, 0.5) is 15.8 Å². The molecule has 0 bridgehead atoms. The molecule has 0 spiro atoms. The number of carbonyl (C=O) groups excluding carboxylic acids is 1. The van der Waals surface area contributed by atoms with Crippen molar-refractivity contribution in [2.45, 2.75) is 0 Å². The molecule has 2 aromatic rings. The fraction of sp³-hybridized carbons (Fsp3) is 0. The van der Waals surface area contributed by atoms with Gasteiger partial charge in [0.15, 0.2) is 0 Å². The number of hydrogen-bond acceptors (Lipinski definition) is 2. The highest BCUT2D eigenvalue weighted by Gasteiger charge is 2.07. The van der Waals surface area contributed by atoms with Crippen LogP contribution in [-0.2, 0) is 0 Å². The molecule has 0 saturated heterocycles. The number of carbonyl (C=O) groups is 1. The summed E-state index contributed by atoms with van der Waals surface area (Å²) in [6.07, 6.45) is 0. The summed E-state index contributed by atoms with van der Waals surface area (Å²) in [5.41, 5.74) is 6.43. The van der Waals surface area contributed by atoms with Gasteiger partial charge in [0.2, 0.25) is 0 Å². The molecular weight excluding hydrogens is 255 g/mol. The Kier molecular flexibility index (Phi) is 3.48. The van der Waals surface area contributed by atoms with Crippen LogP contribution in [0.15, 0.2) is 42.5 Å². The Bertz CT molecular complexity index is 581. The minimum Gasteiger partial charge on any atom is -0.399 e. The lowest BCUT2D eigenvalue weighted by molar-refractivity contribution is 0.102. The molecule has 0 aliphatic carbocycles. The summed E-state index contributed by atoms with van der Waals surface area (Å²) >= 11 is 5.78. The summed E-state index contributed by atoms with van der Waals surface area (Å²) in [4.78, 5) is 11.9. The number of amides is 1. The van der Waals surface area contributed by atoms with E-state index < -0.39 is 5.82 Å². The Hall–Kier alpha value is -2.07. The van der Waals surface area contributed by atoms with Gasteiger partial charge < -0.3 is 11.1 Å². The highest BCUT2D eigenvalue weighted by atomic mass is 35.5. The molecule has 3 N–H and O–H groups in total. The molecule has 1 amide bonds. The summed E-state index contributed by atoms with van der Waals surface area (Å²) in [7, 11) is 0. The Labute approximate surface area is 108 Å². The monoisotopic (exact) mass is 264 g/mol. The highest BCUT2D eigenvalue weighted by Crippen LogP contribution is 2.17. The van der Waals surface area contributed by atoms with E-state index in [0.717, 1.165) is 0 Å². The number of nitrogens with one attached hydrogen (secondary N) is 1. The molecule has 0 atom stereocenters. The van der Waals surface area contributed by atoms with Crippen LogP contribution in [0, 0.1) is 5.82 Å². The van der Waals surface area contributed by atoms with Crippen molar-refractivity contribution in [1.82, 2.24) is 0 Å². The van der Waals surface area contributed by atoms with Gasteiger partial charge in [0.05, 0.1) is 0 Å². The van der Waals surface area contributed by atoms with Crippen LogP contribution in [0.25, 0.3) is 0 Å². The van der Waals surface area contributed by atoms with Crippen molar-refractivity contribution in [1.29, 1.82) is 0 Å². The Balaban J connectivity index is 2.21. The van der Waals surface area contributed by atoms with Gasteiger partial charge in [-0.05, 0) is 36.4 Å². The van der Waals surface area contributed by atoms with Gasteiger partial charge in [0.25, 0.3) is 5.91 Å². The number of anilines is 2. The van der Waals surface area contributed by atoms with Gasteiger partial charge in [0.1, 0.15) is 5.82 Å². The number of nitrogens with two attached hydrogens (primary N) is 1. The van der Waals surface area contributed by atoms with E-state index in [2.05, 4.69) is 5.32 Å². The minimum atomic E-state index is -0.503. The Morgan fingerprint density at radius 2 is 2.00 bits per heavy atom. The molecule has 5 heteroatoms. The predicted octanol–water partition coefficient (Wildman–Crippen LogP) is 3.31. The molecule has 0 heterocycles. The number of nitrogen functional groups attached to an aromatic ring is 1. The summed E-state index contributed by atoms with van der Waals surface area (Å²) in [6.45, 7) is 0. The Morgan fingerprint density at radius 3 is 2.67 bits per heavy atom. The van der Waals surface area contributed by atoms with Crippen LogP contribution < -0.4 is 11.1 Å². The lowest BCUT2D eigenvalue weighted by atomic mass is 10.2. The average molecular weight is 265 g/mol. The van der Waals surface area contributed by atoms with E-state index in [4.69, 9.17) is 17.3 Å². The van der Waals surface area contributed by atoms with E-state index in [1.165, 1.54) is 24.3 Å². The van der Waals surface area contributed by atoms with Gasteiger partial charge in [0, 0.05) is 22.0 Å². The third-order valence-electron chi connectivity index (χ3n) is 2.26. The first kappa shape index (κ1) is 12.4. The maximum absolute atomic E-state index is 13.1. The van der Waals surface area contributed by atoms with Crippen LogP contribution in [-0.4, -0.2) is 5.91 Å². The minimum absolute atomic E-state index is 0.247. The number of rotatable bonds is 2. The van der Waals surface area contributed by atoms with E-state index in [-0.39, 0.29) is 11.6 Å². The van der Waals surface area contributed by atoms with E-state index in [1.54, 1.807) is 18.2 Å². The summed E-state index contributed by atoms with van der Waals surface area (Å²) in [5, 5.41) is 3.01. The molecular formula is C13H10ClFN2O. The second-order valence-electron chi connectivity index (χ2n) is 3.74. The number of hydrogen-bond donors (Lipinski definition) is 2. The van der Waals surface area contributed by atoms with Crippen LogP contribution in [0.5, 0.6) is 0 Å². The van der Waals surface area contributed by atoms with Crippen molar-refractivity contribution in [3.63, 3.8) is 0 Å². The van der Waals surface area contributed by atoms with Crippen molar-refractivity contribution in [3.8, 4) is 0 Å². The van der Waals surface area contributed by atoms with Crippen molar-refractivity contribution in [2.75, 3.05) is 11.1 Å². The van der Waals surface area contributed by atoms with Crippen molar-refractivity contribution in [3.05, 3.63) is 58.9 Å². The van der Waals surface area contributed by atoms with Crippen LogP contribution >= 0.6 is 11.6 Å². The first-order valence-corrected chi connectivity index (χ1v) is 5.55. The van der Waals surface area contributed by atoms with Gasteiger partial charge in [-0.25, -0.2) is 4.39 Å². The zero-order chi connectivity index (χ0) is 13.1. The molecule has 92 valence electrons. The quantitative estimate of drug-likeness (QED) is 0.818. The van der Waals surface area contributed by atoms with Crippen molar-refractivity contribution < 1.29 is 9.18 Å². The van der Waals surface area contributed by atoms with Crippen molar-refractivity contribution in [2.24, 2.45) is 0 Å². The topological polar surface area (TPSA) is 55.1 Å². The first-order chi connectivity index (χ1) is 8.54. The third-order valence-corrected chi connectivity index (χ3v) is 2.50. The fourth-order valence-electron chi connectivity index (χ4n) is 1.52. The molecule has 0 saturated carbocycles. The smallest absolute Gasteiger partial charge is 0.255 e. The number of halogens is 2. The van der Waals surface area contributed by atoms with E-state index in [9.17, 15) is 9.18 Å². The highest BCUT2D eigenvalue weighted by molar-refractivity contribution is 6.31. The Morgan fingerprint density at radius 1 is 1.22 bits per heavy atom. The predicted molar refractivity (Wildman–Crippen MR) is 70.2 cm³/mol. The molecule has 0 radical (unpaired) electrons. The normalized spacial score (nSPS) is 10.1. The molecule has 0 aliphatic heterocycles. The second kappa shape index (κ2) is 5.06. The average Bonchev–Trinajstić information content (AvgIpc) is 2.27. The molecule has 0 fully saturated rings. The van der Waals surface area contributed by atoms with Gasteiger partial charge in [-0.3, -0.25) is 4.79 Å². The standard InChI is InChI=1S/C13H10ClFN2O/c14-9-3-1-2-8(4-9)13(18)17-12-6-10(15)5-11(16)7-12/h1-7H,16H2,(H,17,18). The molecule has 0 aromatic heterocycles. The van der Waals surface area contributed by atoms with Crippen LogP contribution in [0.3, 0.4) is 0 Å². The molecule has 0 aliphatic rings. The van der Waals surface area contributed by atoms with E-state index in [0.29, 0.717) is 16.3 Å². The lowest BCUT2D eigenvalue weighted by Gasteiger charge is -2.06. The van der Waals surface area contributed by atoms with Crippen molar-refractivity contribution >= 4 is 28.9 Å². The molecule has 2 rings (SSSR count). The van der Waals surface area contributed by atoms with Gasteiger partial charge in [-0.15, -0.1) is 0 Å². The molecule has 0 unspecified atom stereocenters. The lowest BCUT2D eigenvalue weighted by Crippen LogP contribution is -2.12. The molecule has 3 nitrogen and oxygen atoms in total. The largest absolute Gasteiger partial charge is 0.399 e. The number of benzene rings is 2. The van der Waals surface area contributed by atoms with E-state index >= 15 is 0 Å². The third kappa shape index (κ3) is 2.99. The summed E-state index contributed by atoms with van der Waals surface area (Å²) in [5.74, 6) is -0.876. The maximum atomic E-state index is 13.1.